The van der Waals surface area contributed by atoms with Crippen molar-refractivity contribution in [1.29, 1.82) is 5.26 Å². The molecule has 1 aliphatic rings. The lowest BCUT2D eigenvalue weighted by molar-refractivity contribution is 0.102. The summed E-state index contributed by atoms with van der Waals surface area (Å²) in [5.74, 6) is 0.165. The highest BCUT2D eigenvalue weighted by atomic mass is 28.3. The summed E-state index contributed by atoms with van der Waals surface area (Å²) in [5.41, 5.74) is 0.800. The Hall–Kier alpha value is -0.373. The maximum absolute atomic E-state index is 9.05. The molecule has 0 amide bonds. The number of hydrogen-bond donors (Lipinski definition) is 0. The van der Waals surface area contributed by atoms with Crippen LogP contribution in [0.5, 0.6) is 0 Å². The lowest BCUT2D eigenvalue weighted by atomic mass is 10.1. The topological polar surface area (TPSA) is 30.3 Å². The Morgan fingerprint density at radius 3 is 2.25 bits per heavy atom. The highest BCUT2D eigenvalue weighted by molar-refractivity contribution is 6.57. The van der Waals surface area contributed by atoms with Gasteiger partial charge < -0.3 is 4.90 Å². The standard InChI is InChI=1S/C20H41N3Si/c1-5-6-7-8-9-10-11-12-13-23-15-14-22(17-19(2)16-21)18-20(23)24(3)4/h19-20,24H,5-15,17-18H2,1-4H3. The van der Waals surface area contributed by atoms with Crippen LogP contribution < -0.4 is 0 Å². The maximum atomic E-state index is 9.05. The molecule has 1 heterocycles. The van der Waals surface area contributed by atoms with E-state index in [2.05, 4.69) is 42.8 Å². The first-order valence-corrected chi connectivity index (χ1v) is 13.4. The second kappa shape index (κ2) is 12.9. The number of nitriles is 1. The molecule has 2 unspecified atom stereocenters. The van der Waals surface area contributed by atoms with Crippen molar-refractivity contribution in [3.8, 4) is 6.07 Å². The van der Waals surface area contributed by atoms with Crippen molar-refractivity contribution < 1.29 is 0 Å². The largest absolute Gasteiger partial charge is 0.301 e. The Bertz CT molecular complexity index is 353. The highest BCUT2D eigenvalue weighted by Crippen LogP contribution is 2.16. The van der Waals surface area contributed by atoms with E-state index in [-0.39, 0.29) is 5.92 Å². The molecule has 0 aliphatic carbocycles. The molecule has 2 atom stereocenters. The fraction of sp³-hybridized carbons (Fsp3) is 0.950. The van der Waals surface area contributed by atoms with Gasteiger partial charge in [0.25, 0.3) is 0 Å². The fourth-order valence-electron chi connectivity index (χ4n) is 3.86. The molecule has 0 aromatic rings. The Kier molecular flexibility index (Phi) is 11.7. The molecule has 0 bridgehead atoms. The molecule has 1 fully saturated rings. The SMILES string of the molecule is CCCCCCCCCCN1CCN(CC(C)C#N)CC1[SiH](C)C. The zero-order valence-electron chi connectivity index (χ0n) is 16.8. The van der Waals surface area contributed by atoms with Gasteiger partial charge in [-0.15, -0.1) is 0 Å². The minimum atomic E-state index is -0.679. The van der Waals surface area contributed by atoms with Gasteiger partial charge in [0.2, 0.25) is 0 Å². The molecule has 24 heavy (non-hydrogen) atoms. The van der Waals surface area contributed by atoms with Crippen LogP contribution in [-0.2, 0) is 0 Å². The van der Waals surface area contributed by atoms with E-state index in [1.165, 1.54) is 71.0 Å². The first-order chi connectivity index (χ1) is 11.6. The van der Waals surface area contributed by atoms with Crippen molar-refractivity contribution >= 4 is 8.80 Å². The first-order valence-electron chi connectivity index (χ1n) is 10.4. The van der Waals surface area contributed by atoms with Gasteiger partial charge in [0.15, 0.2) is 0 Å². The molecule has 1 saturated heterocycles. The van der Waals surface area contributed by atoms with E-state index in [4.69, 9.17) is 5.26 Å². The Balaban J connectivity index is 2.23. The van der Waals surface area contributed by atoms with Crippen LogP contribution in [0.15, 0.2) is 0 Å². The monoisotopic (exact) mass is 351 g/mol. The normalized spacial score (nSPS) is 21.1. The van der Waals surface area contributed by atoms with Crippen molar-refractivity contribution in [2.75, 3.05) is 32.7 Å². The van der Waals surface area contributed by atoms with E-state index < -0.39 is 8.80 Å². The predicted octanol–water partition coefficient (Wildman–Crippen LogP) is 4.30. The summed E-state index contributed by atoms with van der Waals surface area (Å²) < 4.78 is 0. The van der Waals surface area contributed by atoms with Gasteiger partial charge in [0.05, 0.1) is 20.8 Å². The maximum Gasteiger partial charge on any atom is 0.0666 e. The van der Waals surface area contributed by atoms with Crippen LogP contribution in [0.25, 0.3) is 0 Å². The Morgan fingerprint density at radius 2 is 1.67 bits per heavy atom. The molecular weight excluding hydrogens is 310 g/mol. The molecule has 0 aromatic heterocycles. The third kappa shape index (κ3) is 8.64. The van der Waals surface area contributed by atoms with Crippen LogP contribution in [0, 0.1) is 17.2 Å². The molecule has 0 spiro atoms. The minimum absolute atomic E-state index is 0.165. The van der Waals surface area contributed by atoms with E-state index >= 15 is 0 Å². The van der Waals surface area contributed by atoms with Crippen LogP contribution in [0.3, 0.4) is 0 Å². The smallest absolute Gasteiger partial charge is 0.0666 e. The van der Waals surface area contributed by atoms with Crippen LogP contribution in [0.4, 0.5) is 0 Å². The third-order valence-electron chi connectivity index (χ3n) is 5.44. The van der Waals surface area contributed by atoms with Gasteiger partial charge in [-0.3, -0.25) is 4.90 Å². The third-order valence-corrected chi connectivity index (χ3v) is 7.61. The van der Waals surface area contributed by atoms with E-state index in [9.17, 15) is 0 Å². The summed E-state index contributed by atoms with van der Waals surface area (Å²) in [4.78, 5) is 5.32. The fourth-order valence-corrected chi connectivity index (χ4v) is 5.72. The van der Waals surface area contributed by atoms with Crippen molar-refractivity contribution in [2.45, 2.75) is 84.0 Å². The summed E-state index contributed by atoms with van der Waals surface area (Å²) >= 11 is 0. The van der Waals surface area contributed by atoms with Gasteiger partial charge in [-0.05, 0) is 19.9 Å². The highest BCUT2D eigenvalue weighted by Gasteiger charge is 2.29. The van der Waals surface area contributed by atoms with Crippen LogP contribution in [0.1, 0.15) is 65.2 Å². The number of piperazine rings is 1. The minimum Gasteiger partial charge on any atom is -0.301 e. The van der Waals surface area contributed by atoms with Gasteiger partial charge >= 0.3 is 0 Å². The van der Waals surface area contributed by atoms with Crippen LogP contribution >= 0.6 is 0 Å². The summed E-state index contributed by atoms with van der Waals surface area (Å²) in [6.07, 6.45) is 11.3. The summed E-state index contributed by atoms with van der Waals surface area (Å²) in [5, 5.41) is 9.05. The number of unbranched alkanes of at least 4 members (excludes halogenated alkanes) is 7. The van der Waals surface area contributed by atoms with Crippen molar-refractivity contribution in [2.24, 2.45) is 5.92 Å². The van der Waals surface area contributed by atoms with Crippen molar-refractivity contribution in [3.05, 3.63) is 0 Å². The van der Waals surface area contributed by atoms with Gasteiger partial charge in [-0.25, -0.2) is 0 Å². The molecular formula is C20H41N3Si. The van der Waals surface area contributed by atoms with Gasteiger partial charge in [-0.2, -0.15) is 5.26 Å². The molecule has 140 valence electrons. The van der Waals surface area contributed by atoms with Crippen LogP contribution in [-0.4, -0.2) is 57.0 Å². The van der Waals surface area contributed by atoms with Gasteiger partial charge in [0.1, 0.15) is 0 Å². The predicted molar refractivity (Wildman–Crippen MR) is 108 cm³/mol. The number of hydrogen-bond acceptors (Lipinski definition) is 3. The zero-order valence-corrected chi connectivity index (χ0v) is 17.9. The number of nitrogens with zero attached hydrogens (tertiary/aromatic N) is 3. The van der Waals surface area contributed by atoms with E-state index in [1.54, 1.807) is 0 Å². The molecule has 4 heteroatoms. The average Bonchev–Trinajstić information content (AvgIpc) is 2.57. The Morgan fingerprint density at radius 1 is 1.04 bits per heavy atom. The summed E-state index contributed by atoms with van der Waals surface area (Å²) in [6.45, 7) is 15.1. The van der Waals surface area contributed by atoms with Crippen LogP contribution in [0.2, 0.25) is 13.1 Å². The zero-order chi connectivity index (χ0) is 17.8. The summed E-state index contributed by atoms with van der Waals surface area (Å²) in [6, 6.07) is 2.39. The van der Waals surface area contributed by atoms with Gasteiger partial charge in [-0.1, -0.05) is 65.0 Å². The molecule has 1 rings (SSSR count). The van der Waals surface area contributed by atoms with Gasteiger partial charge in [0, 0.05) is 31.8 Å². The molecule has 0 radical (unpaired) electrons. The second-order valence-electron chi connectivity index (χ2n) is 8.11. The molecule has 0 aromatic carbocycles. The second-order valence-corrected chi connectivity index (χ2v) is 11.4. The molecule has 3 nitrogen and oxygen atoms in total. The van der Waals surface area contributed by atoms with E-state index in [0.29, 0.717) is 0 Å². The van der Waals surface area contributed by atoms with Crippen molar-refractivity contribution in [1.82, 2.24) is 9.80 Å². The lowest BCUT2D eigenvalue weighted by Crippen LogP contribution is -2.58. The van der Waals surface area contributed by atoms with E-state index in [1.807, 2.05) is 0 Å². The summed E-state index contributed by atoms with van der Waals surface area (Å²) in [7, 11) is -0.679. The quantitative estimate of drug-likeness (QED) is 0.388. The number of rotatable bonds is 12. The molecule has 0 saturated carbocycles. The van der Waals surface area contributed by atoms with E-state index in [0.717, 1.165) is 18.8 Å². The first kappa shape index (κ1) is 21.7. The van der Waals surface area contributed by atoms with Crippen molar-refractivity contribution in [3.63, 3.8) is 0 Å². The average molecular weight is 352 g/mol. The Labute approximate surface area is 153 Å². The lowest BCUT2D eigenvalue weighted by Gasteiger charge is -2.43. The molecule has 0 N–H and O–H groups in total. The molecule has 1 aliphatic heterocycles.